The zero-order valence-corrected chi connectivity index (χ0v) is 17.7. The van der Waals surface area contributed by atoms with Crippen LogP contribution in [-0.4, -0.2) is 35.2 Å². The highest BCUT2D eigenvalue weighted by molar-refractivity contribution is 5.94. The summed E-state index contributed by atoms with van der Waals surface area (Å²) in [4.78, 5) is 14.5. The van der Waals surface area contributed by atoms with Crippen molar-refractivity contribution in [1.82, 2.24) is 4.90 Å². The SMILES string of the molecule is CN(C(=O)c1ccc([C@](C)(O)C(F)(F)F)cc1)[C@H]1CC[C@H](C2C=CC(C#N)=CC2)CC1. The third kappa shape index (κ3) is 4.85. The van der Waals surface area contributed by atoms with Crippen molar-refractivity contribution < 1.29 is 23.1 Å². The van der Waals surface area contributed by atoms with Gasteiger partial charge >= 0.3 is 6.18 Å². The van der Waals surface area contributed by atoms with E-state index in [1.54, 1.807) is 11.9 Å². The number of amides is 1. The molecule has 0 aromatic heterocycles. The van der Waals surface area contributed by atoms with E-state index in [-0.39, 0.29) is 17.5 Å². The number of hydrogen-bond donors (Lipinski definition) is 1. The molecule has 4 nitrogen and oxygen atoms in total. The van der Waals surface area contributed by atoms with Gasteiger partial charge in [-0.15, -0.1) is 0 Å². The molecular formula is C24H27F3N2O2. The summed E-state index contributed by atoms with van der Waals surface area (Å²) in [7, 11) is 1.73. The van der Waals surface area contributed by atoms with Crippen molar-refractivity contribution in [2.45, 2.75) is 56.8 Å². The lowest BCUT2D eigenvalue weighted by molar-refractivity contribution is -0.258. The number of aliphatic hydroxyl groups is 1. The standard InChI is InChI=1S/C24H27F3N2O2/c1-23(31,24(25,26)27)20-11-7-19(8-12-20)22(30)29(2)21-13-9-18(10-14-21)17-5-3-16(15-28)4-6-17/h3-5,7-8,11-12,17-18,21,31H,6,9-10,13-14H2,1-2H3/t17?,18-,21-,23-/m0/s1. The van der Waals surface area contributed by atoms with Crippen molar-refractivity contribution in [3.05, 3.63) is 59.2 Å². The lowest BCUT2D eigenvalue weighted by Gasteiger charge is -2.37. The molecule has 0 saturated heterocycles. The smallest absolute Gasteiger partial charge is 0.376 e. The first-order valence-electron chi connectivity index (χ1n) is 10.5. The molecule has 2 aliphatic carbocycles. The van der Waals surface area contributed by atoms with Gasteiger partial charge in [0.25, 0.3) is 5.91 Å². The molecule has 1 N–H and O–H groups in total. The second-order valence-corrected chi connectivity index (χ2v) is 8.66. The van der Waals surface area contributed by atoms with Gasteiger partial charge in [-0.1, -0.05) is 24.3 Å². The fourth-order valence-electron chi connectivity index (χ4n) is 4.46. The van der Waals surface area contributed by atoms with Gasteiger partial charge in [-0.05, 0) is 74.6 Å². The largest absolute Gasteiger partial charge is 0.421 e. The van der Waals surface area contributed by atoms with E-state index in [4.69, 9.17) is 5.26 Å². The van der Waals surface area contributed by atoms with Crippen LogP contribution in [0.15, 0.2) is 48.1 Å². The number of nitrogens with zero attached hydrogens (tertiary/aromatic N) is 2. The monoisotopic (exact) mass is 432 g/mol. The Hall–Kier alpha value is -2.59. The lowest BCUT2D eigenvalue weighted by Crippen LogP contribution is -2.40. The van der Waals surface area contributed by atoms with Crippen LogP contribution >= 0.6 is 0 Å². The molecule has 166 valence electrons. The number of carbonyl (C=O) groups excluding carboxylic acids is 1. The van der Waals surface area contributed by atoms with E-state index in [1.807, 2.05) is 12.2 Å². The minimum absolute atomic E-state index is 0.0829. The summed E-state index contributed by atoms with van der Waals surface area (Å²) in [5, 5.41) is 18.7. The number of halogens is 3. The summed E-state index contributed by atoms with van der Waals surface area (Å²) < 4.78 is 39.0. The zero-order valence-electron chi connectivity index (χ0n) is 17.7. The van der Waals surface area contributed by atoms with Crippen LogP contribution in [0.25, 0.3) is 0 Å². The molecule has 1 unspecified atom stereocenters. The third-order valence-electron chi connectivity index (χ3n) is 6.72. The number of rotatable bonds is 4. The van der Waals surface area contributed by atoms with Gasteiger partial charge in [0.2, 0.25) is 0 Å². The van der Waals surface area contributed by atoms with E-state index in [1.165, 1.54) is 12.1 Å². The highest BCUT2D eigenvalue weighted by Gasteiger charge is 2.51. The maximum atomic E-state index is 13.0. The predicted octanol–water partition coefficient (Wildman–Crippen LogP) is 5.11. The number of benzene rings is 1. The number of nitriles is 1. The fraction of sp³-hybridized carbons (Fsp3) is 0.500. The van der Waals surface area contributed by atoms with Crippen LogP contribution in [-0.2, 0) is 5.60 Å². The molecule has 1 aromatic carbocycles. The Bertz CT molecular complexity index is 902. The molecule has 3 rings (SSSR count). The quantitative estimate of drug-likeness (QED) is 0.719. The molecule has 1 aromatic rings. The fourth-order valence-corrected chi connectivity index (χ4v) is 4.46. The highest BCUT2D eigenvalue weighted by atomic mass is 19.4. The van der Waals surface area contributed by atoms with Gasteiger partial charge in [0.15, 0.2) is 5.60 Å². The number of alkyl halides is 3. The summed E-state index contributed by atoms with van der Waals surface area (Å²) in [6, 6.07) is 7.23. The zero-order chi connectivity index (χ0) is 22.8. The van der Waals surface area contributed by atoms with Gasteiger partial charge in [0.1, 0.15) is 0 Å². The summed E-state index contributed by atoms with van der Waals surface area (Å²) in [5.41, 5.74) is -2.25. The van der Waals surface area contributed by atoms with Gasteiger partial charge in [0, 0.05) is 24.2 Å². The van der Waals surface area contributed by atoms with E-state index in [9.17, 15) is 23.1 Å². The molecule has 0 aliphatic heterocycles. The molecular weight excluding hydrogens is 405 g/mol. The van der Waals surface area contributed by atoms with Crippen molar-refractivity contribution in [2.24, 2.45) is 11.8 Å². The first-order valence-corrected chi connectivity index (χ1v) is 10.5. The molecule has 2 aliphatic rings. The molecule has 0 spiro atoms. The molecule has 0 bridgehead atoms. The summed E-state index contributed by atoms with van der Waals surface area (Å²) in [6.07, 6.45) is 5.77. The first-order chi connectivity index (χ1) is 14.5. The van der Waals surface area contributed by atoms with Crippen molar-refractivity contribution in [2.75, 3.05) is 7.05 Å². The molecule has 0 heterocycles. The minimum atomic E-state index is -4.80. The van der Waals surface area contributed by atoms with E-state index in [2.05, 4.69) is 12.1 Å². The van der Waals surface area contributed by atoms with E-state index >= 15 is 0 Å². The highest BCUT2D eigenvalue weighted by Crippen LogP contribution is 2.39. The number of hydrogen-bond acceptors (Lipinski definition) is 3. The predicted molar refractivity (Wildman–Crippen MR) is 111 cm³/mol. The second-order valence-electron chi connectivity index (χ2n) is 8.66. The Labute approximate surface area is 180 Å². The Morgan fingerprint density at radius 3 is 2.26 bits per heavy atom. The second kappa shape index (κ2) is 8.88. The average molecular weight is 432 g/mol. The molecule has 1 saturated carbocycles. The maximum absolute atomic E-state index is 13.0. The molecule has 7 heteroatoms. The van der Waals surface area contributed by atoms with Gasteiger partial charge in [0.05, 0.1) is 6.07 Å². The Morgan fingerprint density at radius 1 is 1.16 bits per heavy atom. The molecule has 2 atom stereocenters. The summed E-state index contributed by atoms with van der Waals surface area (Å²) in [5.74, 6) is 0.713. The van der Waals surface area contributed by atoms with Gasteiger partial charge in [-0.3, -0.25) is 4.79 Å². The minimum Gasteiger partial charge on any atom is -0.376 e. The summed E-state index contributed by atoms with van der Waals surface area (Å²) in [6.45, 7) is 0.701. The van der Waals surface area contributed by atoms with Crippen LogP contribution in [0.1, 0.15) is 54.9 Å². The lowest BCUT2D eigenvalue weighted by atomic mass is 9.75. The summed E-state index contributed by atoms with van der Waals surface area (Å²) >= 11 is 0. The van der Waals surface area contributed by atoms with Gasteiger partial charge in [-0.25, -0.2) is 0 Å². The van der Waals surface area contributed by atoms with Crippen molar-refractivity contribution >= 4 is 5.91 Å². The number of allylic oxidation sites excluding steroid dienone is 4. The molecule has 31 heavy (non-hydrogen) atoms. The van der Waals surface area contributed by atoms with Crippen LogP contribution in [0.2, 0.25) is 0 Å². The average Bonchev–Trinajstić information content (AvgIpc) is 2.77. The van der Waals surface area contributed by atoms with Crippen molar-refractivity contribution in [3.63, 3.8) is 0 Å². The molecule has 1 fully saturated rings. The van der Waals surface area contributed by atoms with Crippen molar-refractivity contribution in [1.29, 1.82) is 5.26 Å². The molecule has 0 radical (unpaired) electrons. The Morgan fingerprint density at radius 2 is 1.77 bits per heavy atom. The van der Waals surface area contributed by atoms with Crippen molar-refractivity contribution in [3.8, 4) is 6.07 Å². The Balaban J connectivity index is 1.58. The van der Waals surface area contributed by atoms with Gasteiger partial charge in [-0.2, -0.15) is 18.4 Å². The number of carbonyl (C=O) groups is 1. The van der Waals surface area contributed by atoms with E-state index in [0.29, 0.717) is 29.9 Å². The topological polar surface area (TPSA) is 64.3 Å². The van der Waals surface area contributed by atoms with E-state index < -0.39 is 11.8 Å². The van der Waals surface area contributed by atoms with Gasteiger partial charge < -0.3 is 10.0 Å². The van der Waals surface area contributed by atoms with E-state index in [0.717, 1.165) is 44.2 Å². The van der Waals surface area contributed by atoms with Crippen LogP contribution in [0.4, 0.5) is 13.2 Å². The van der Waals surface area contributed by atoms with Crippen LogP contribution in [0, 0.1) is 23.2 Å². The third-order valence-corrected chi connectivity index (χ3v) is 6.72. The maximum Gasteiger partial charge on any atom is 0.421 e. The normalized spacial score (nSPS) is 25.8. The van der Waals surface area contributed by atoms with Crippen LogP contribution in [0.5, 0.6) is 0 Å². The van der Waals surface area contributed by atoms with Crippen LogP contribution < -0.4 is 0 Å². The Kier molecular flexibility index (Phi) is 6.61. The first kappa shape index (κ1) is 23.1. The van der Waals surface area contributed by atoms with Crippen LogP contribution in [0.3, 0.4) is 0 Å². The molecule has 1 amide bonds.